The zero-order valence-corrected chi connectivity index (χ0v) is 11.8. The summed E-state index contributed by atoms with van der Waals surface area (Å²) in [6, 6.07) is 4.74. The van der Waals surface area contributed by atoms with Crippen molar-refractivity contribution in [3.63, 3.8) is 0 Å². The van der Waals surface area contributed by atoms with E-state index in [1.165, 1.54) is 31.4 Å². The highest BCUT2D eigenvalue weighted by atomic mass is 15.0. The molecule has 1 aliphatic rings. The lowest BCUT2D eigenvalue weighted by atomic mass is 9.73. The summed E-state index contributed by atoms with van der Waals surface area (Å²) >= 11 is 0. The first-order valence-electron chi connectivity index (χ1n) is 7.08. The molecule has 1 fully saturated rings. The highest BCUT2D eigenvalue weighted by molar-refractivity contribution is 5.52. The summed E-state index contributed by atoms with van der Waals surface area (Å²) in [5.74, 6) is 0.955. The molecular weight excluding hydrogens is 222 g/mol. The van der Waals surface area contributed by atoms with Gasteiger partial charge in [-0.3, -0.25) is 0 Å². The molecule has 0 aliphatic heterocycles. The molecule has 2 N–H and O–H groups in total. The van der Waals surface area contributed by atoms with E-state index in [0.29, 0.717) is 11.5 Å². The van der Waals surface area contributed by atoms with Gasteiger partial charge in [0.05, 0.1) is 0 Å². The van der Waals surface area contributed by atoms with Gasteiger partial charge >= 0.3 is 0 Å². The quantitative estimate of drug-likeness (QED) is 0.847. The Morgan fingerprint density at radius 1 is 1.39 bits per heavy atom. The third-order valence-electron chi connectivity index (χ3n) is 3.97. The number of rotatable bonds is 4. The van der Waals surface area contributed by atoms with E-state index in [2.05, 4.69) is 48.5 Å². The van der Waals surface area contributed by atoms with E-state index in [1.54, 1.807) is 0 Å². The van der Waals surface area contributed by atoms with Gasteiger partial charge in [-0.25, -0.2) is 4.98 Å². The van der Waals surface area contributed by atoms with Crippen LogP contribution in [0.4, 0.5) is 11.5 Å². The molecule has 1 aromatic heterocycles. The minimum absolute atomic E-state index is 0.389. The second-order valence-corrected chi connectivity index (χ2v) is 5.89. The predicted molar refractivity (Wildman–Crippen MR) is 78.1 cm³/mol. The highest BCUT2D eigenvalue weighted by Gasteiger charge is 2.31. The van der Waals surface area contributed by atoms with Gasteiger partial charge in [0, 0.05) is 30.5 Å². The third-order valence-corrected chi connectivity index (χ3v) is 3.97. The molecule has 0 amide bonds. The molecule has 1 aliphatic carbocycles. The van der Waals surface area contributed by atoms with Gasteiger partial charge in [-0.1, -0.05) is 26.7 Å². The Balaban J connectivity index is 2.06. The lowest BCUT2D eigenvalue weighted by Gasteiger charge is -2.39. The zero-order valence-electron chi connectivity index (χ0n) is 11.8. The van der Waals surface area contributed by atoms with E-state index in [9.17, 15) is 0 Å². The molecule has 1 saturated carbocycles. The van der Waals surface area contributed by atoms with Gasteiger partial charge in [0.15, 0.2) is 0 Å². The normalized spacial score (nSPS) is 22.5. The number of pyridine rings is 1. The molecule has 0 saturated heterocycles. The summed E-state index contributed by atoms with van der Waals surface area (Å²) in [4.78, 5) is 4.31. The summed E-state index contributed by atoms with van der Waals surface area (Å²) in [6.07, 6.45) is 7.16. The van der Waals surface area contributed by atoms with Crippen LogP contribution in [-0.2, 0) is 0 Å². The third kappa shape index (κ3) is 3.15. The van der Waals surface area contributed by atoms with E-state index in [0.717, 1.165) is 12.4 Å². The Bertz CT molecular complexity index is 387. The molecule has 0 spiro atoms. The van der Waals surface area contributed by atoms with Crippen molar-refractivity contribution in [2.75, 3.05) is 17.2 Å². The van der Waals surface area contributed by atoms with E-state index < -0.39 is 0 Å². The molecule has 1 heterocycles. The van der Waals surface area contributed by atoms with Gasteiger partial charge in [0.1, 0.15) is 5.82 Å². The average Bonchev–Trinajstić information content (AvgIpc) is 2.33. The molecule has 0 bridgehead atoms. The second kappa shape index (κ2) is 5.59. The second-order valence-electron chi connectivity index (χ2n) is 5.89. The summed E-state index contributed by atoms with van der Waals surface area (Å²) in [5, 5.41) is 6.94. The van der Waals surface area contributed by atoms with E-state index >= 15 is 0 Å². The Hall–Kier alpha value is -1.25. The van der Waals surface area contributed by atoms with Crippen LogP contribution >= 0.6 is 0 Å². The molecular formula is C15H25N3. The Morgan fingerprint density at radius 2 is 2.22 bits per heavy atom. The highest BCUT2D eigenvalue weighted by Crippen LogP contribution is 2.37. The maximum atomic E-state index is 4.31. The van der Waals surface area contributed by atoms with E-state index in [1.807, 2.05) is 6.20 Å². The van der Waals surface area contributed by atoms with Crippen LogP contribution in [0.25, 0.3) is 0 Å². The summed E-state index contributed by atoms with van der Waals surface area (Å²) in [6.45, 7) is 7.74. The average molecular weight is 247 g/mol. The van der Waals surface area contributed by atoms with Crippen LogP contribution in [0.1, 0.15) is 46.5 Å². The van der Waals surface area contributed by atoms with Crippen molar-refractivity contribution in [1.82, 2.24) is 4.98 Å². The maximum absolute atomic E-state index is 4.31. The van der Waals surface area contributed by atoms with Gasteiger partial charge in [0.2, 0.25) is 0 Å². The number of anilines is 2. The monoisotopic (exact) mass is 247 g/mol. The molecule has 1 atom stereocenters. The van der Waals surface area contributed by atoms with Gasteiger partial charge in [-0.05, 0) is 31.2 Å². The van der Waals surface area contributed by atoms with Crippen molar-refractivity contribution >= 4 is 11.5 Å². The molecule has 0 aromatic carbocycles. The molecule has 18 heavy (non-hydrogen) atoms. The smallest absolute Gasteiger partial charge is 0.127 e. The van der Waals surface area contributed by atoms with E-state index in [-0.39, 0.29) is 0 Å². The van der Waals surface area contributed by atoms with Gasteiger partial charge in [0.25, 0.3) is 0 Å². The minimum atomic E-state index is 0.389. The van der Waals surface area contributed by atoms with Crippen molar-refractivity contribution in [3.05, 3.63) is 18.3 Å². The van der Waals surface area contributed by atoms with Crippen LogP contribution in [0.15, 0.2) is 18.3 Å². The first-order valence-corrected chi connectivity index (χ1v) is 7.08. The number of nitrogens with zero attached hydrogens (tertiary/aromatic N) is 1. The van der Waals surface area contributed by atoms with Crippen LogP contribution in [-0.4, -0.2) is 17.6 Å². The van der Waals surface area contributed by atoms with E-state index in [4.69, 9.17) is 0 Å². The zero-order chi connectivity index (χ0) is 13.0. The Labute approximate surface area is 110 Å². The van der Waals surface area contributed by atoms with Gasteiger partial charge < -0.3 is 10.6 Å². The molecule has 1 aromatic rings. The number of aromatic nitrogens is 1. The van der Waals surface area contributed by atoms with Gasteiger partial charge in [-0.2, -0.15) is 0 Å². The predicted octanol–water partition coefficient (Wildman–Crippen LogP) is 3.89. The van der Waals surface area contributed by atoms with Crippen LogP contribution in [0.3, 0.4) is 0 Å². The summed E-state index contributed by atoms with van der Waals surface area (Å²) in [5.41, 5.74) is 1.57. The maximum Gasteiger partial charge on any atom is 0.127 e. The summed E-state index contributed by atoms with van der Waals surface area (Å²) < 4.78 is 0. The topological polar surface area (TPSA) is 37.0 Å². The number of hydrogen-bond acceptors (Lipinski definition) is 3. The molecule has 0 radical (unpaired) electrons. The van der Waals surface area contributed by atoms with Gasteiger partial charge in [-0.15, -0.1) is 0 Å². The molecule has 100 valence electrons. The van der Waals surface area contributed by atoms with Crippen molar-refractivity contribution < 1.29 is 0 Å². The van der Waals surface area contributed by atoms with Crippen LogP contribution in [0.5, 0.6) is 0 Å². The Morgan fingerprint density at radius 3 is 2.94 bits per heavy atom. The fourth-order valence-electron chi connectivity index (χ4n) is 2.76. The fraction of sp³-hybridized carbons (Fsp3) is 0.667. The molecule has 2 rings (SSSR count). The minimum Gasteiger partial charge on any atom is -0.382 e. The van der Waals surface area contributed by atoms with Crippen LogP contribution in [0, 0.1) is 5.41 Å². The van der Waals surface area contributed by atoms with Crippen molar-refractivity contribution in [1.29, 1.82) is 0 Å². The molecule has 3 nitrogen and oxygen atoms in total. The van der Waals surface area contributed by atoms with Crippen molar-refractivity contribution in [2.45, 2.75) is 52.5 Å². The van der Waals surface area contributed by atoms with Crippen LogP contribution < -0.4 is 10.6 Å². The number of hydrogen-bond donors (Lipinski definition) is 2. The molecule has 1 unspecified atom stereocenters. The SMILES string of the molecule is CCNc1cc(NC2CCCCC2(C)C)ccn1. The van der Waals surface area contributed by atoms with Crippen molar-refractivity contribution in [2.24, 2.45) is 5.41 Å². The molecule has 3 heteroatoms. The fourth-order valence-corrected chi connectivity index (χ4v) is 2.76. The van der Waals surface area contributed by atoms with Crippen molar-refractivity contribution in [3.8, 4) is 0 Å². The summed E-state index contributed by atoms with van der Waals surface area (Å²) in [7, 11) is 0. The standard InChI is InChI=1S/C15H25N3/c1-4-16-14-11-12(8-10-17-14)18-13-7-5-6-9-15(13,2)3/h8,10-11,13H,4-7,9H2,1-3H3,(H2,16,17,18). The lowest BCUT2D eigenvalue weighted by molar-refractivity contribution is 0.217. The van der Waals surface area contributed by atoms with Crippen LogP contribution in [0.2, 0.25) is 0 Å². The first-order chi connectivity index (χ1) is 8.62. The Kier molecular flexibility index (Phi) is 4.10. The largest absolute Gasteiger partial charge is 0.382 e. The first kappa shape index (κ1) is 13.2. The number of nitrogens with one attached hydrogen (secondary N) is 2. The lowest BCUT2D eigenvalue weighted by Crippen LogP contribution is -2.38.